The number of hydrogen-bond donors (Lipinski definition) is 1. The van der Waals surface area contributed by atoms with E-state index in [0.717, 1.165) is 5.56 Å². The summed E-state index contributed by atoms with van der Waals surface area (Å²) in [5.74, 6) is 0.379. The van der Waals surface area contributed by atoms with Crippen LogP contribution in [0.25, 0.3) is 0 Å². The van der Waals surface area contributed by atoms with Crippen LogP contribution >= 0.6 is 11.6 Å². The molecular formula is C18H17ClN2O3. The van der Waals surface area contributed by atoms with Crippen LogP contribution in [0.1, 0.15) is 18.1 Å². The first-order valence-electron chi connectivity index (χ1n) is 7.48. The number of rotatable bonds is 4. The quantitative estimate of drug-likeness (QED) is 0.866. The van der Waals surface area contributed by atoms with E-state index in [9.17, 15) is 9.59 Å². The maximum absolute atomic E-state index is 12.9. The molecule has 0 bridgehead atoms. The van der Waals surface area contributed by atoms with Crippen molar-refractivity contribution in [2.75, 3.05) is 7.11 Å². The summed E-state index contributed by atoms with van der Waals surface area (Å²) in [6.45, 7) is 1.83. The number of amides is 3. The number of benzene rings is 2. The SMILES string of the molecule is COc1ccc(C2(C)NC(=O)N(Cc3ccccc3Cl)C2=O)cc1. The molecule has 124 valence electrons. The lowest BCUT2D eigenvalue weighted by Gasteiger charge is -2.22. The van der Waals surface area contributed by atoms with E-state index in [1.165, 1.54) is 4.90 Å². The Hall–Kier alpha value is -2.53. The standard InChI is InChI=1S/C18H17ClN2O3/c1-18(13-7-9-14(24-2)10-8-13)16(22)21(17(23)20-18)11-12-5-3-4-6-15(12)19/h3-10H,11H2,1-2H3,(H,20,23). The summed E-state index contributed by atoms with van der Waals surface area (Å²) in [6, 6.07) is 13.8. The van der Waals surface area contributed by atoms with Crippen LogP contribution in [0.15, 0.2) is 48.5 Å². The van der Waals surface area contributed by atoms with E-state index in [2.05, 4.69) is 5.32 Å². The van der Waals surface area contributed by atoms with Crippen molar-refractivity contribution in [3.8, 4) is 5.75 Å². The average molecular weight is 345 g/mol. The number of imide groups is 1. The van der Waals surface area contributed by atoms with Crippen LogP contribution < -0.4 is 10.1 Å². The average Bonchev–Trinajstić information content (AvgIpc) is 2.81. The van der Waals surface area contributed by atoms with Crippen molar-refractivity contribution >= 4 is 23.5 Å². The first kappa shape index (κ1) is 16.3. The highest BCUT2D eigenvalue weighted by atomic mass is 35.5. The summed E-state index contributed by atoms with van der Waals surface area (Å²) >= 11 is 6.14. The summed E-state index contributed by atoms with van der Waals surface area (Å²) in [7, 11) is 1.57. The number of methoxy groups -OCH3 is 1. The van der Waals surface area contributed by atoms with Crippen molar-refractivity contribution in [2.24, 2.45) is 0 Å². The Balaban J connectivity index is 1.88. The monoisotopic (exact) mass is 344 g/mol. The van der Waals surface area contributed by atoms with Crippen LogP contribution in [0.5, 0.6) is 5.75 Å². The van der Waals surface area contributed by atoms with Gasteiger partial charge in [-0.05, 0) is 36.2 Å². The highest BCUT2D eigenvalue weighted by Crippen LogP contribution is 2.31. The molecule has 3 amide bonds. The summed E-state index contributed by atoms with van der Waals surface area (Å²) in [5.41, 5.74) is 0.315. The van der Waals surface area contributed by atoms with Gasteiger partial charge in [0, 0.05) is 5.02 Å². The molecule has 1 saturated heterocycles. The van der Waals surface area contributed by atoms with Crippen LogP contribution in [-0.4, -0.2) is 23.9 Å². The molecule has 3 rings (SSSR count). The van der Waals surface area contributed by atoms with Gasteiger partial charge >= 0.3 is 6.03 Å². The number of nitrogens with zero attached hydrogens (tertiary/aromatic N) is 1. The highest BCUT2D eigenvalue weighted by molar-refractivity contribution is 6.31. The first-order valence-corrected chi connectivity index (χ1v) is 7.85. The zero-order valence-corrected chi connectivity index (χ0v) is 14.1. The molecule has 0 saturated carbocycles. The van der Waals surface area contributed by atoms with Gasteiger partial charge in [0.2, 0.25) is 0 Å². The van der Waals surface area contributed by atoms with Crippen LogP contribution in [0.2, 0.25) is 5.02 Å². The molecule has 1 aliphatic heterocycles. The molecule has 1 aliphatic rings. The largest absolute Gasteiger partial charge is 0.497 e. The van der Waals surface area contributed by atoms with Gasteiger partial charge in [-0.15, -0.1) is 0 Å². The van der Waals surface area contributed by atoms with Gasteiger partial charge in [-0.3, -0.25) is 9.69 Å². The van der Waals surface area contributed by atoms with Gasteiger partial charge in [0.1, 0.15) is 11.3 Å². The van der Waals surface area contributed by atoms with Crippen LogP contribution in [0, 0.1) is 0 Å². The van der Waals surface area contributed by atoms with Gasteiger partial charge in [-0.2, -0.15) is 0 Å². The zero-order chi connectivity index (χ0) is 17.3. The number of halogens is 1. The van der Waals surface area contributed by atoms with Crippen molar-refractivity contribution in [3.05, 3.63) is 64.7 Å². The summed E-state index contributed by atoms with van der Waals surface area (Å²) in [6.07, 6.45) is 0. The fourth-order valence-electron chi connectivity index (χ4n) is 2.76. The smallest absolute Gasteiger partial charge is 0.325 e. The number of urea groups is 1. The third kappa shape index (κ3) is 2.71. The van der Waals surface area contributed by atoms with E-state index in [1.54, 1.807) is 56.5 Å². The summed E-state index contributed by atoms with van der Waals surface area (Å²) < 4.78 is 5.13. The van der Waals surface area contributed by atoms with Crippen molar-refractivity contribution in [3.63, 3.8) is 0 Å². The normalized spacial score (nSPS) is 20.2. The highest BCUT2D eigenvalue weighted by Gasteiger charge is 2.48. The van der Waals surface area contributed by atoms with E-state index in [4.69, 9.17) is 16.3 Å². The van der Waals surface area contributed by atoms with Gasteiger partial charge in [0.25, 0.3) is 5.91 Å². The van der Waals surface area contributed by atoms with Gasteiger partial charge in [-0.25, -0.2) is 4.79 Å². The first-order chi connectivity index (χ1) is 11.5. The van der Waals surface area contributed by atoms with Gasteiger partial charge in [-0.1, -0.05) is 41.9 Å². The predicted molar refractivity (Wildman–Crippen MR) is 90.9 cm³/mol. The minimum atomic E-state index is -1.11. The molecule has 0 aromatic heterocycles. The third-order valence-electron chi connectivity index (χ3n) is 4.23. The Morgan fingerprint density at radius 3 is 2.42 bits per heavy atom. The van der Waals surface area contributed by atoms with Crippen molar-refractivity contribution in [1.29, 1.82) is 0 Å². The van der Waals surface area contributed by atoms with Gasteiger partial charge in [0.15, 0.2) is 0 Å². The number of hydrogen-bond acceptors (Lipinski definition) is 3. The maximum atomic E-state index is 12.9. The topological polar surface area (TPSA) is 58.6 Å². The fourth-order valence-corrected chi connectivity index (χ4v) is 2.95. The number of carbonyl (C=O) groups excluding carboxylic acids is 2. The van der Waals surface area contributed by atoms with Crippen LogP contribution in [-0.2, 0) is 16.9 Å². The molecule has 2 aromatic carbocycles. The Labute approximate surface area is 145 Å². The van der Waals surface area contributed by atoms with E-state index >= 15 is 0 Å². The lowest BCUT2D eigenvalue weighted by atomic mass is 9.92. The van der Waals surface area contributed by atoms with Crippen molar-refractivity contribution in [2.45, 2.75) is 19.0 Å². The third-order valence-corrected chi connectivity index (χ3v) is 4.60. The minimum absolute atomic E-state index is 0.135. The molecule has 0 aliphatic carbocycles. The lowest BCUT2D eigenvalue weighted by Crippen LogP contribution is -2.40. The number of carbonyl (C=O) groups is 2. The Bertz CT molecular complexity index is 791. The molecule has 1 heterocycles. The van der Waals surface area contributed by atoms with Crippen molar-refractivity contribution in [1.82, 2.24) is 10.2 Å². The molecule has 1 fully saturated rings. The van der Waals surface area contributed by atoms with E-state index in [-0.39, 0.29) is 12.5 Å². The van der Waals surface area contributed by atoms with E-state index < -0.39 is 11.6 Å². The molecule has 0 radical (unpaired) electrons. The van der Waals surface area contributed by atoms with E-state index in [1.807, 2.05) is 6.07 Å². The molecule has 2 aromatic rings. The molecule has 1 N–H and O–H groups in total. The second kappa shape index (κ2) is 6.17. The fraction of sp³-hybridized carbons (Fsp3) is 0.222. The molecule has 1 atom stereocenters. The van der Waals surface area contributed by atoms with Gasteiger partial charge < -0.3 is 10.1 Å². The zero-order valence-electron chi connectivity index (χ0n) is 13.4. The second-order valence-corrected chi connectivity index (χ2v) is 6.17. The molecular weight excluding hydrogens is 328 g/mol. The summed E-state index contributed by atoms with van der Waals surface area (Å²) in [5, 5.41) is 3.30. The second-order valence-electron chi connectivity index (χ2n) is 5.77. The molecule has 0 spiro atoms. The molecule has 6 heteroatoms. The maximum Gasteiger partial charge on any atom is 0.325 e. The minimum Gasteiger partial charge on any atom is -0.497 e. The molecule has 1 unspecified atom stereocenters. The number of ether oxygens (including phenoxy) is 1. The van der Waals surface area contributed by atoms with E-state index in [0.29, 0.717) is 16.3 Å². The molecule has 5 nitrogen and oxygen atoms in total. The predicted octanol–water partition coefficient (Wildman–Crippen LogP) is 3.32. The summed E-state index contributed by atoms with van der Waals surface area (Å²) in [4.78, 5) is 26.4. The Kier molecular flexibility index (Phi) is 4.20. The van der Waals surface area contributed by atoms with Crippen LogP contribution in [0.3, 0.4) is 0 Å². The lowest BCUT2D eigenvalue weighted by molar-refractivity contribution is -0.131. The molecule has 24 heavy (non-hydrogen) atoms. The number of nitrogens with one attached hydrogen (secondary N) is 1. The Morgan fingerprint density at radius 2 is 1.79 bits per heavy atom. The van der Waals surface area contributed by atoms with Crippen LogP contribution in [0.4, 0.5) is 4.79 Å². The van der Waals surface area contributed by atoms with Gasteiger partial charge in [0.05, 0.1) is 13.7 Å². The van der Waals surface area contributed by atoms with Crippen molar-refractivity contribution < 1.29 is 14.3 Å². The Morgan fingerprint density at radius 1 is 1.12 bits per heavy atom.